The van der Waals surface area contributed by atoms with Crippen molar-refractivity contribution in [3.63, 3.8) is 0 Å². The van der Waals surface area contributed by atoms with Crippen LogP contribution in [0.4, 0.5) is 4.79 Å². The lowest BCUT2D eigenvalue weighted by atomic mass is 9.96. The molecule has 1 aliphatic heterocycles. The molecular formula is C19H28N2O5. The molecule has 1 N–H and O–H groups in total. The summed E-state index contributed by atoms with van der Waals surface area (Å²) < 4.78 is 10.8. The highest BCUT2D eigenvalue weighted by Crippen LogP contribution is 2.19. The number of carbonyl (C=O) groups excluding carboxylic acids is 2. The molecule has 1 aromatic carbocycles. The Morgan fingerprint density at radius 3 is 2.38 bits per heavy atom. The average Bonchev–Trinajstić information content (AvgIpc) is 2.61. The minimum Gasteiger partial charge on any atom is -0.491 e. The van der Waals surface area contributed by atoms with Crippen LogP contribution in [0, 0.1) is 5.92 Å². The molecule has 1 saturated heterocycles. The van der Waals surface area contributed by atoms with E-state index in [1.54, 1.807) is 4.90 Å². The first-order valence-electron chi connectivity index (χ1n) is 8.92. The lowest BCUT2D eigenvalue weighted by molar-refractivity contribution is -0.139. The van der Waals surface area contributed by atoms with Gasteiger partial charge in [0.05, 0.1) is 0 Å². The standard InChI is InChI=1S/C19H28N2O5/c1-19(2,3)26-18(23)21-11-9-15(10-12-21)17(22)20-25-14-13-24-16-7-5-4-6-8-16/h4-8,15H,9-14H2,1-3H3,(H,20,22). The normalized spacial score (nSPS) is 15.4. The number of para-hydroxylation sites is 1. The molecule has 1 fully saturated rings. The van der Waals surface area contributed by atoms with E-state index in [0.29, 0.717) is 32.5 Å². The van der Waals surface area contributed by atoms with Crippen molar-refractivity contribution >= 4 is 12.0 Å². The van der Waals surface area contributed by atoms with Crippen molar-refractivity contribution in [2.45, 2.75) is 39.2 Å². The number of ether oxygens (including phenoxy) is 2. The first-order chi connectivity index (χ1) is 12.3. The number of hydrogen-bond donors (Lipinski definition) is 1. The van der Waals surface area contributed by atoms with Crippen molar-refractivity contribution in [1.82, 2.24) is 10.4 Å². The Hall–Kier alpha value is -2.28. The van der Waals surface area contributed by atoms with Crippen molar-refractivity contribution in [3.05, 3.63) is 30.3 Å². The molecule has 0 saturated carbocycles. The second-order valence-electron chi connectivity index (χ2n) is 7.22. The minimum atomic E-state index is -0.513. The van der Waals surface area contributed by atoms with Crippen LogP contribution >= 0.6 is 0 Å². The van der Waals surface area contributed by atoms with Gasteiger partial charge in [0, 0.05) is 19.0 Å². The maximum absolute atomic E-state index is 12.1. The van der Waals surface area contributed by atoms with Gasteiger partial charge < -0.3 is 14.4 Å². The molecule has 0 aliphatic carbocycles. The molecular weight excluding hydrogens is 336 g/mol. The molecule has 2 amide bonds. The van der Waals surface area contributed by atoms with Crippen LogP contribution in [-0.2, 0) is 14.4 Å². The smallest absolute Gasteiger partial charge is 0.410 e. The zero-order valence-electron chi connectivity index (χ0n) is 15.7. The van der Waals surface area contributed by atoms with E-state index in [-0.39, 0.29) is 24.5 Å². The summed E-state index contributed by atoms with van der Waals surface area (Å²) in [5.74, 6) is 0.439. The van der Waals surface area contributed by atoms with Crippen LogP contribution in [0.15, 0.2) is 30.3 Å². The lowest BCUT2D eigenvalue weighted by Gasteiger charge is -2.32. The summed E-state index contributed by atoms with van der Waals surface area (Å²) in [7, 11) is 0. The molecule has 0 atom stereocenters. The number of benzene rings is 1. The number of rotatable bonds is 6. The number of likely N-dealkylation sites (tertiary alicyclic amines) is 1. The van der Waals surface area contributed by atoms with Crippen LogP contribution in [0.5, 0.6) is 5.75 Å². The Labute approximate surface area is 154 Å². The molecule has 0 bridgehead atoms. The Morgan fingerprint density at radius 2 is 1.77 bits per heavy atom. The molecule has 0 spiro atoms. The monoisotopic (exact) mass is 364 g/mol. The summed E-state index contributed by atoms with van der Waals surface area (Å²) >= 11 is 0. The molecule has 144 valence electrons. The number of hydrogen-bond acceptors (Lipinski definition) is 5. The van der Waals surface area contributed by atoms with E-state index in [9.17, 15) is 9.59 Å². The van der Waals surface area contributed by atoms with Crippen molar-refractivity contribution in [2.24, 2.45) is 5.92 Å². The van der Waals surface area contributed by atoms with Gasteiger partial charge in [-0.25, -0.2) is 10.3 Å². The molecule has 1 heterocycles. The van der Waals surface area contributed by atoms with Gasteiger partial charge in [-0.15, -0.1) is 0 Å². The number of piperidine rings is 1. The van der Waals surface area contributed by atoms with Crippen LogP contribution in [0.3, 0.4) is 0 Å². The van der Waals surface area contributed by atoms with Crippen molar-refractivity contribution in [3.8, 4) is 5.75 Å². The summed E-state index contributed by atoms with van der Waals surface area (Å²) in [6.07, 6.45) is 0.856. The van der Waals surface area contributed by atoms with Gasteiger partial charge in [-0.1, -0.05) is 18.2 Å². The Bertz CT molecular complexity index is 577. The van der Waals surface area contributed by atoms with Crippen molar-refractivity contribution in [2.75, 3.05) is 26.3 Å². The topological polar surface area (TPSA) is 77.1 Å². The number of nitrogens with one attached hydrogen (secondary N) is 1. The quantitative estimate of drug-likeness (QED) is 0.620. The molecule has 1 aromatic rings. The minimum absolute atomic E-state index is 0.159. The van der Waals surface area contributed by atoms with Gasteiger partial charge in [-0.05, 0) is 45.7 Å². The van der Waals surface area contributed by atoms with Crippen LogP contribution in [0.25, 0.3) is 0 Å². The third kappa shape index (κ3) is 6.92. The van der Waals surface area contributed by atoms with Crippen LogP contribution < -0.4 is 10.2 Å². The first-order valence-corrected chi connectivity index (χ1v) is 8.92. The van der Waals surface area contributed by atoms with E-state index >= 15 is 0 Å². The molecule has 1 aliphatic rings. The second-order valence-corrected chi connectivity index (χ2v) is 7.22. The van der Waals surface area contributed by atoms with Crippen LogP contribution in [0.2, 0.25) is 0 Å². The summed E-state index contributed by atoms with van der Waals surface area (Å²) in [5.41, 5.74) is 1.95. The Kier molecular flexibility index (Phi) is 7.26. The van der Waals surface area contributed by atoms with E-state index in [4.69, 9.17) is 14.3 Å². The second kappa shape index (κ2) is 9.43. The van der Waals surface area contributed by atoms with E-state index in [1.807, 2.05) is 51.1 Å². The van der Waals surface area contributed by atoms with Crippen LogP contribution in [-0.4, -0.2) is 48.8 Å². The maximum Gasteiger partial charge on any atom is 0.410 e. The van der Waals surface area contributed by atoms with Gasteiger partial charge in [0.15, 0.2) is 0 Å². The predicted octanol–water partition coefficient (Wildman–Crippen LogP) is 2.76. The number of amides is 2. The zero-order chi connectivity index (χ0) is 19.0. The third-order valence-electron chi connectivity index (χ3n) is 3.89. The molecule has 26 heavy (non-hydrogen) atoms. The Morgan fingerprint density at radius 1 is 1.12 bits per heavy atom. The van der Waals surface area contributed by atoms with Gasteiger partial charge in [-0.2, -0.15) is 0 Å². The number of hydroxylamine groups is 1. The summed E-state index contributed by atoms with van der Waals surface area (Å²) in [4.78, 5) is 31.0. The van der Waals surface area contributed by atoms with E-state index < -0.39 is 5.60 Å². The SMILES string of the molecule is CC(C)(C)OC(=O)N1CCC(C(=O)NOCCOc2ccccc2)CC1. The highest BCUT2D eigenvalue weighted by molar-refractivity contribution is 5.78. The summed E-state index contributed by atoms with van der Waals surface area (Å²) in [6, 6.07) is 9.41. The fourth-order valence-electron chi connectivity index (χ4n) is 2.57. The third-order valence-corrected chi connectivity index (χ3v) is 3.89. The molecule has 7 nitrogen and oxygen atoms in total. The maximum atomic E-state index is 12.1. The number of carbonyl (C=O) groups is 2. The molecule has 0 aromatic heterocycles. The van der Waals surface area contributed by atoms with E-state index in [0.717, 1.165) is 5.75 Å². The fourth-order valence-corrected chi connectivity index (χ4v) is 2.57. The highest BCUT2D eigenvalue weighted by Gasteiger charge is 2.29. The summed E-state index contributed by atoms with van der Waals surface area (Å²) in [5, 5.41) is 0. The Balaban J connectivity index is 1.60. The summed E-state index contributed by atoms with van der Waals surface area (Å²) in [6.45, 7) is 7.13. The van der Waals surface area contributed by atoms with Crippen LogP contribution in [0.1, 0.15) is 33.6 Å². The van der Waals surface area contributed by atoms with Gasteiger partial charge in [0.2, 0.25) is 5.91 Å². The van der Waals surface area contributed by atoms with E-state index in [2.05, 4.69) is 5.48 Å². The van der Waals surface area contributed by atoms with Gasteiger partial charge in [0.1, 0.15) is 24.6 Å². The van der Waals surface area contributed by atoms with Crippen molar-refractivity contribution in [1.29, 1.82) is 0 Å². The lowest BCUT2D eigenvalue weighted by Crippen LogP contribution is -2.45. The molecule has 7 heteroatoms. The predicted molar refractivity (Wildman–Crippen MR) is 96.6 cm³/mol. The first kappa shape index (κ1) is 20.0. The molecule has 0 unspecified atom stereocenters. The van der Waals surface area contributed by atoms with Gasteiger partial charge in [-0.3, -0.25) is 9.63 Å². The van der Waals surface area contributed by atoms with Gasteiger partial charge in [0.25, 0.3) is 0 Å². The number of nitrogens with zero attached hydrogens (tertiary/aromatic N) is 1. The van der Waals surface area contributed by atoms with Gasteiger partial charge >= 0.3 is 6.09 Å². The molecule has 2 rings (SSSR count). The average molecular weight is 364 g/mol. The fraction of sp³-hybridized carbons (Fsp3) is 0.579. The zero-order valence-corrected chi connectivity index (χ0v) is 15.7. The highest BCUT2D eigenvalue weighted by atomic mass is 16.7. The molecule has 0 radical (unpaired) electrons. The van der Waals surface area contributed by atoms with Crippen molar-refractivity contribution < 1.29 is 23.9 Å². The van der Waals surface area contributed by atoms with E-state index in [1.165, 1.54) is 0 Å². The largest absolute Gasteiger partial charge is 0.491 e.